The first kappa shape index (κ1) is 44.5. The fourth-order valence-corrected chi connectivity index (χ4v) is 14.6. The summed E-state index contributed by atoms with van der Waals surface area (Å²) in [6.07, 6.45) is 2.54. The Morgan fingerprint density at radius 2 is 1.57 bits per heavy atom. The number of rotatable bonds is 12. The van der Waals surface area contributed by atoms with Crippen molar-refractivity contribution in [3.8, 4) is 0 Å². The number of ether oxygens (including phenoxy) is 1. The lowest BCUT2D eigenvalue weighted by Gasteiger charge is -2.44. The van der Waals surface area contributed by atoms with E-state index in [1.807, 2.05) is 46.1 Å². The fourth-order valence-electron chi connectivity index (χ4n) is 7.45. The summed E-state index contributed by atoms with van der Waals surface area (Å²) in [6, 6.07) is 5.74. The average molecular weight is 803 g/mol. The van der Waals surface area contributed by atoms with Crippen molar-refractivity contribution in [2.45, 2.75) is 181 Å². The standard InChI is InChI=1S/C38H68BrNO6SSi2/c1-13-48(14-2,15-3)45-34-24-35(42)44-33(27(8)22-30-25-47-29(10)40-30)23-31(39)32(41)21-19-20-26(7)36(28(9)37(43)38(34,11)12)46-49(16-4,17-5)18-6/h22,25-26,28,31-34,36,41H,13-21,23-24H2,1-12H3/t26-,28+,31+,32+,33-,34-,36-/m0/s1. The minimum Gasteiger partial charge on any atom is -0.458 e. The van der Waals surface area contributed by atoms with Gasteiger partial charge >= 0.3 is 5.97 Å². The van der Waals surface area contributed by atoms with Crippen LogP contribution >= 0.6 is 27.3 Å². The second-order valence-electron chi connectivity index (χ2n) is 15.1. The minimum absolute atomic E-state index is 0.0199. The molecule has 2 rings (SSSR count). The number of hydrogen-bond donors (Lipinski definition) is 1. The molecule has 1 saturated heterocycles. The van der Waals surface area contributed by atoms with Crippen LogP contribution < -0.4 is 0 Å². The van der Waals surface area contributed by atoms with E-state index in [-0.39, 0.29) is 35.0 Å². The third-order valence-corrected chi connectivity index (χ3v) is 22.8. The molecule has 0 radical (unpaired) electrons. The summed E-state index contributed by atoms with van der Waals surface area (Å²) >= 11 is 5.35. The van der Waals surface area contributed by atoms with E-state index in [0.29, 0.717) is 12.8 Å². The van der Waals surface area contributed by atoms with Crippen molar-refractivity contribution in [1.29, 1.82) is 0 Å². The number of aliphatic hydroxyl groups is 1. The Morgan fingerprint density at radius 1 is 1.02 bits per heavy atom. The van der Waals surface area contributed by atoms with Gasteiger partial charge in [-0.05, 0) is 80.5 Å². The smallest absolute Gasteiger partial charge is 0.309 e. The molecule has 1 aromatic rings. The monoisotopic (exact) mass is 801 g/mol. The van der Waals surface area contributed by atoms with Crippen LogP contribution in [0.5, 0.6) is 0 Å². The van der Waals surface area contributed by atoms with Gasteiger partial charge in [-0.25, -0.2) is 4.98 Å². The lowest BCUT2D eigenvalue weighted by Crippen LogP contribution is -2.53. The van der Waals surface area contributed by atoms with Gasteiger partial charge in [0, 0.05) is 28.0 Å². The fraction of sp³-hybridized carbons (Fsp3) is 0.816. The van der Waals surface area contributed by atoms with Crippen LogP contribution in [0.4, 0.5) is 0 Å². The molecule has 282 valence electrons. The van der Waals surface area contributed by atoms with Crippen LogP contribution in [0.2, 0.25) is 36.3 Å². The number of Topliss-reactive ketones (excluding diaryl/α,β-unsaturated/α-hetero) is 1. The zero-order valence-electron chi connectivity index (χ0n) is 32.7. The molecule has 0 unspecified atom stereocenters. The topological polar surface area (TPSA) is 95.0 Å². The van der Waals surface area contributed by atoms with E-state index in [1.54, 1.807) is 11.3 Å². The van der Waals surface area contributed by atoms with Crippen molar-refractivity contribution in [1.82, 2.24) is 4.98 Å². The largest absolute Gasteiger partial charge is 0.458 e. The summed E-state index contributed by atoms with van der Waals surface area (Å²) in [5.41, 5.74) is 0.741. The highest BCUT2D eigenvalue weighted by atomic mass is 79.9. The van der Waals surface area contributed by atoms with E-state index in [2.05, 4.69) is 69.4 Å². The van der Waals surface area contributed by atoms with Crippen LogP contribution in [0.1, 0.15) is 119 Å². The van der Waals surface area contributed by atoms with Crippen LogP contribution in [0.3, 0.4) is 0 Å². The van der Waals surface area contributed by atoms with Gasteiger partial charge in [0.2, 0.25) is 0 Å². The molecule has 0 aromatic carbocycles. The van der Waals surface area contributed by atoms with Crippen LogP contribution in [0.15, 0.2) is 11.0 Å². The highest BCUT2D eigenvalue weighted by Crippen LogP contribution is 2.40. The SMILES string of the molecule is CC[Si](CC)(CC)O[C@H]1[C@@H](C)CCC[C@@H](O)[C@H](Br)C[C@@H](C(C)=Cc2csc(C)n2)OC(=O)C[C@H](O[Si](CC)(CC)CC)C(C)(C)C(=O)[C@@H]1C. The van der Waals surface area contributed by atoms with Gasteiger partial charge in [-0.1, -0.05) is 91.6 Å². The summed E-state index contributed by atoms with van der Waals surface area (Å²) in [5.74, 6) is -0.572. The van der Waals surface area contributed by atoms with Gasteiger partial charge in [-0.2, -0.15) is 0 Å². The van der Waals surface area contributed by atoms with E-state index in [9.17, 15) is 14.7 Å². The molecule has 0 bridgehead atoms. The summed E-state index contributed by atoms with van der Waals surface area (Å²) in [5, 5.41) is 14.3. The molecule has 49 heavy (non-hydrogen) atoms. The van der Waals surface area contributed by atoms with E-state index < -0.39 is 46.3 Å². The maximum absolute atomic E-state index is 14.9. The van der Waals surface area contributed by atoms with Crippen LogP contribution in [-0.4, -0.2) is 67.7 Å². The van der Waals surface area contributed by atoms with Gasteiger partial charge in [0.15, 0.2) is 16.6 Å². The number of nitrogens with zero attached hydrogens (tertiary/aromatic N) is 1. The van der Waals surface area contributed by atoms with Crippen molar-refractivity contribution in [3.63, 3.8) is 0 Å². The number of hydrogen-bond acceptors (Lipinski definition) is 8. The normalized spacial score (nSPS) is 28.8. The lowest BCUT2D eigenvalue weighted by molar-refractivity contribution is -0.153. The lowest BCUT2D eigenvalue weighted by atomic mass is 9.73. The number of aryl methyl sites for hydroxylation is 1. The number of ketones is 1. The zero-order valence-corrected chi connectivity index (χ0v) is 37.1. The highest BCUT2D eigenvalue weighted by molar-refractivity contribution is 9.09. The number of aromatic nitrogens is 1. The van der Waals surface area contributed by atoms with E-state index >= 15 is 0 Å². The van der Waals surface area contributed by atoms with Gasteiger partial charge in [0.05, 0.1) is 35.4 Å². The van der Waals surface area contributed by atoms with E-state index in [4.69, 9.17) is 13.6 Å². The number of aliphatic hydroxyl groups excluding tert-OH is 1. The van der Waals surface area contributed by atoms with Crippen LogP contribution in [0, 0.1) is 24.2 Å². The van der Waals surface area contributed by atoms with Crippen molar-refractivity contribution in [3.05, 3.63) is 21.7 Å². The molecule has 1 aliphatic heterocycles. The van der Waals surface area contributed by atoms with Crippen molar-refractivity contribution in [2.75, 3.05) is 0 Å². The first-order valence-corrected chi connectivity index (χ1v) is 25.8. The number of carbonyl (C=O) groups is 2. The third kappa shape index (κ3) is 11.9. The molecule has 2 heterocycles. The maximum Gasteiger partial charge on any atom is 0.309 e. The number of cyclic esters (lactones) is 1. The quantitative estimate of drug-likeness (QED) is 0.128. The predicted octanol–water partition coefficient (Wildman–Crippen LogP) is 10.5. The zero-order chi connectivity index (χ0) is 37.2. The third-order valence-electron chi connectivity index (χ3n) is 11.7. The molecule has 7 atom stereocenters. The molecule has 1 N–H and O–H groups in total. The first-order valence-electron chi connectivity index (χ1n) is 19.0. The Labute approximate surface area is 313 Å². The molecule has 1 aliphatic rings. The number of esters is 1. The maximum atomic E-state index is 14.9. The molecule has 1 aromatic heterocycles. The highest BCUT2D eigenvalue weighted by Gasteiger charge is 2.48. The molecule has 11 heteroatoms. The summed E-state index contributed by atoms with van der Waals surface area (Å²) in [4.78, 5) is 33.2. The number of alkyl halides is 1. The summed E-state index contributed by atoms with van der Waals surface area (Å²) in [6.45, 7) is 25.3. The molecule has 1 fully saturated rings. The van der Waals surface area contributed by atoms with Gasteiger partial charge in [-0.3, -0.25) is 9.59 Å². The van der Waals surface area contributed by atoms with Crippen molar-refractivity contribution >= 4 is 61.7 Å². The molecule has 0 saturated carbocycles. The number of halogens is 1. The Hall–Kier alpha value is -0.696. The Morgan fingerprint density at radius 3 is 2.08 bits per heavy atom. The minimum atomic E-state index is -2.24. The Kier molecular flexibility index (Phi) is 18.1. The predicted molar refractivity (Wildman–Crippen MR) is 213 cm³/mol. The molecule has 0 amide bonds. The Bertz CT molecular complexity index is 1200. The number of carbonyl (C=O) groups excluding carboxylic acids is 2. The second-order valence-corrected chi connectivity index (χ2v) is 26.8. The van der Waals surface area contributed by atoms with Crippen LogP contribution in [-0.2, 0) is 23.2 Å². The summed E-state index contributed by atoms with van der Waals surface area (Å²) in [7, 11) is -4.29. The Balaban J connectivity index is 2.66. The first-order chi connectivity index (χ1) is 23.0. The molecule has 7 nitrogen and oxygen atoms in total. The van der Waals surface area contributed by atoms with Gasteiger partial charge in [0.25, 0.3) is 0 Å². The summed E-state index contributed by atoms with van der Waals surface area (Å²) < 4.78 is 20.6. The second kappa shape index (κ2) is 19.9. The average Bonchev–Trinajstić information content (AvgIpc) is 3.49. The number of thiazole rings is 1. The van der Waals surface area contributed by atoms with Gasteiger partial charge < -0.3 is 18.7 Å². The van der Waals surface area contributed by atoms with Crippen molar-refractivity contribution < 1.29 is 28.3 Å². The molecular weight excluding hydrogens is 735 g/mol. The molecule has 0 spiro atoms. The molecular formula is C38H68BrNO6SSi2. The van der Waals surface area contributed by atoms with Gasteiger partial charge in [-0.15, -0.1) is 11.3 Å². The van der Waals surface area contributed by atoms with E-state index in [1.165, 1.54) is 0 Å². The molecule has 0 aliphatic carbocycles. The van der Waals surface area contributed by atoms with E-state index in [0.717, 1.165) is 65.4 Å². The van der Waals surface area contributed by atoms with Crippen molar-refractivity contribution in [2.24, 2.45) is 17.3 Å². The van der Waals surface area contributed by atoms with Gasteiger partial charge in [0.1, 0.15) is 11.9 Å². The van der Waals surface area contributed by atoms with Crippen LogP contribution in [0.25, 0.3) is 6.08 Å².